The molecule has 0 saturated heterocycles. The first-order valence-electron chi connectivity index (χ1n) is 5.64. The second-order valence-corrected chi connectivity index (χ2v) is 3.76. The number of benzene rings is 1. The van der Waals surface area contributed by atoms with Crippen molar-refractivity contribution in [2.45, 2.75) is 6.92 Å². The summed E-state index contributed by atoms with van der Waals surface area (Å²) in [6.45, 7) is 1.95. The van der Waals surface area contributed by atoms with Crippen molar-refractivity contribution in [3.8, 4) is 17.0 Å². The number of ether oxygens (including phenoxy) is 1. The van der Waals surface area contributed by atoms with Crippen LogP contribution in [-0.2, 0) is 0 Å². The molecule has 2 aromatic rings. The fourth-order valence-electron chi connectivity index (χ4n) is 1.69. The third-order valence-corrected chi connectivity index (χ3v) is 2.55. The predicted octanol–water partition coefficient (Wildman–Crippen LogP) is 2.77. The maximum atomic E-state index is 5.65. The van der Waals surface area contributed by atoms with E-state index in [-0.39, 0.29) is 5.95 Å². The zero-order valence-corrected chi connectivity index (χ0v) is 10.4. The van der Waals surface area contributed by atoms with Gasteiger partial charge in [-0.05, 0) is 31.2 Å². The Labute approximate surface area is 106 Å². The molecule has 2 N–H and O–H groups in total. The molecule has 4 heteroatoms. The van der Waals surface area contributed by atoms with Crippen LogP contribution in [0, 0.1) is 0 Å². The summed E-state index contributed by atoms with van der Waals surface area (Å²) < 4.78 is 5.14. The van der Waals surface area contributed by atoms with Crippen molar-refractivity contribution in [1.29, 1.82) is 0 Å². The Balaban J connectivity index is 2.50. The fraction of sp³-hybridized carbons (Fsp3) is 0.143. The third kappa shape index (κ3) is 2.48. The van der Waals surface area contributed by atoms with E-state index in [0.29, 0.717) is 0 Å². The molecule has 0 amide bonds. The van der Waals surface area contributed by atoms with E-state index in [9.17, 15) is 0 Å². The van der Waals surface area contributed by atoms with Gasteiger partial charge in [0.2, 0.25) is 5.95 Å². The van der Waals surface area contributed by atoms with E-state index in [1.165, 1.54) is 0 Å². The molecule has 0 unspecified atom stereocenters. The molecule has 92 valence electrons. The van der Waals surface area contributed by atoms with Gasteiger partial charge in [-0.25, -0.2) is 9.97 Å². The molecule has 1 aromatic heterocycles. The number of rotatable bonds is 3. The van der Waals surface area contributed by atoms with Crippen LogP contribution in [0.15, 0.2) is 36.5 Å². The van der Waals surface area contributed by atoms with Gasteiger partial charge in [0.1, 0.15) is 5.75 Å². The van der Waals surface area contributed by atoms with Gasteiger partial charge in [0.05, 0.1) is 12.8 Å². The molecule has 0 saturated carbocycles. The highest BCUT2D eigenvalue weighted by molar-refractivity contribution is 5.72. The summed E-state index contributed by atoms with van der Waals surface area (Å²) in [7, 11) is 1.64. The van der Waals surface area contributed by atoms with Crippen molar-refractivity contribution < 1.29 is 4.74 Å². The average Bonchev–Trinajstić information content (AvgIpc) is 2.41. The van der Waals surface area contributed by atoms with Crippen molar-refractivity contribution in [1.82, 2.24) is 9.97 Å². The smallest absolute Gasteiger partial charge is 0.220 e. The van der Waals surface area contributed by atoms with E-state index in [4.69, 9.17) is 10.5 Å². The SMILES string of the molecule is C/C=C/c1cnc(N)nc1-c1ccc(OC)cc1. The van der Waals surface area contributed by atoms with Gasteiger partial charge in [0.25, 0.3) is 0 Å². The lowest BCUT2D eigenvalue weighted by Crippen LogP contribution is -1.98. The Morgan fingerprint density at radius 3 is 2.56 bits per heavy atom. The highest BCUT2D eigenvalue weighted by Gasteiger charge is 2.06. The number of nitrogen functional groups attached to an aromatic ring is 1. The van der Waals surface area contributed by atoms with Crippen molar-refractivity contribution >= 4 is 12.0 Å². The van der Waals surface area contributed by atoms with E-state index < -0.39 is 0 Å². The zero-order valence-electron chi connectivity index (χ0n) is 10.4. The molecule has 0 aliphatic rings. The predicted molar refractivity (Wildman–Crippen MR) is 73.1 cm³/mol. The average molecular weight is 241 g/mol. The molecule has 0 spiro atoms. The quantitative estimate of drug-likeness (QED) is 0.897. The van der Waals surface area contributed by atoms with Crippen LogP contribution in [0.25, 0.3) is 17.3 Å². The second kappa shape index (κ2) is 5.31. The highest BCUT2D eigenvalue weighted by atomic mass is 16.5. The van der Waals surface area contributed by atoms with Crippen LogP contribution >= 0.6 is 0 Å². The van der Waals surface area contributed by atoms with Gasteiger partial charge in [-0.15, -0.1) is 0 Å². The highest BCUT2D eigenvalue weighted by Crippen LogP contribution is 2.25. The molecular formula is C14H15N3O. The number of hydrogen-bond donors (Lipinski definition) is 1. The molecule has 0 atom stereocenters. The van der Waals surface area contributed by atoms with Crippen LogP contribution in [-0.4, -0.2) is 17.1 Å². The Bertz CT molecular complexity index is 562. The van der Waals surface area contributed by atoms with Crippen molar-refractivity contribution in [2.24, 2.45) is 0 Å². The first-order valence-corrected chi connectivity index (χ1v) is 5.64. The molecule has 0 bridgehead atoms. The van der Waals surface area contributed by atoms with E-state index in [0.717, 1.165) is 22.6 Å². The van der Waals surface area contributed by atoms with E-state index in [2.05, 4.69) is 9.97 Å². The summed E-state index contributed by atoms with van der Waals surface area (Å²) in [5.74, 6) is 1.09. The number of allylic oxidation sites excluding steroid dienone is 1. The first-order chi connectivity index (χ1) is 8.74. The third-order valence-electron chi connectivity index (χ3n) is 2.55. The summed E-state index contributed by atoms with van der Waals surface area (Å²) >= 11 is 0. The van der Waals surface area contributed by atoms with Crippen molar-refractivity contribution in [2.75, 3.05) is 12.8 Å². The van der Waals surface area contributed by atoms with Crippen LogP contribution in [0.4, 0.5) is 5.95 Å². The van der Waals surface area contributed by atoms with Crippen molar-refractivity contribution in [3.63, 3.8) is 0 Å². The normalized spacial score (nSPS) is 10.8. The largest absolute Gasteiger partial charge is 0.497 e. The molecule has 18 heavy (non-hydrogen) atoms. The lowest BCUT2D eigenvalue weighted by molar-refractivity contribution is 0.415. The Morgan fingerprint density at radius 1 is 1.22 bits per heavy atom. The maximum absolute atomic E-state index is 5.65. The minimum atomic E-state index is 0.272. The lowest BCUT2D eigenvalue weighted by atomic mass is 10.1. The fourth-order valence-corrected chi connectivity index (χ4v) is 1.69. The van der Waals surface area contributed by atoms with E-state index in [1.54, 1.807) is 13.3 Å². The second-order valence-electron chi connectivity index (χ2n) is 3.76. The van der Waals surface area contributed by atoms with Gasteiger partial charge < -0.3 is 10.5 Å². The number of aromatic nitrogens is 2. The van der Waals surface area contributed by atoms with Gasteiger partial charge in [-0.2, -0.15) is 0 Å². The topological polar surface area (TPSA) is 61.0 Å². The molecule has 4 nitrogen and oxygen atoms in total. The number of hydrogen-bond acceptors (Lipinski definition) is 4. The van der Waals surface area contributed by atoms with Crippen LogP contribution in [0.2, 0.25) is 0 Å². The Morgan fingerprint density at radius 2 is 1.94 bits per heavy atom. The summed E-state index contributed by atoms with van der Waals surface area (Å²) in [6, 6.07) is 7.70. The van der Waals surface area contributed by atoms with Crippen LogP contribution < -0.4 is 10.5 Å². The maximum Gasteiger partial charge on any atom is 0.220 e. The van der Waals surface area contributed by atoms with Crippen LogP contribution in [0.5, 0.6) is 5.75 Å². The summed E-state index contributed by atoms with van der Waals surface area (Å²) in [5.41, 5.74) is 8.39. The van der Waals surface area contributed by atoms with Gasteiger partial charge in [-0.1, -0.05) is 12.2 Å². The van der Waals surface area contributed by atoms with Crippen LogP contribution in [0.1, 0.15) is 12.5 Å². The standard InChI is InChI=1S/C14H15N3O/c1-3-4-11-9-16-14(15)17-13(11)10-5-7-12(18-2)8-6-10/h3-9H,1-2H3,(H2,15,16,17)/b4-3+. The number of nitrogens with two attached hydrogens (primary N) is 1. The molecule has 2 rings (SSSR count). The minimum absolute atomic E-state index is 0.272. The van der Waals surface area contributed by atoms with Gasteiger partial charge >= 0.3 is 0 Å². The Hall–Kier alpha value is -2.36. The molecule has 1 aromatic carbocycles. The molecule has 0 aliphatic heterocycles. The molecule has 1 heterocycles. The lowest BCUT2D eigenvalue weighted by Gasteiger charge is -2.07. The molecule has 0 aliphatic carbocycles. The van der Waals surface area contributed by atoms with Gasteiger partial charge in [0, 0.05) is 17.3 Å². The number of nitrogens with zero attached hydrogens (tertiary/aromatic N) is 2. The molecule has 0 radical (unpaired) electrons. The minimum Gasteiger partial charge on any atom is -0.497 e. The van der Waals surface area contributed by atoms with Crippen LogP contribution in [0.3, 0.4) is 0 Å². The Kier molecular flexibility index (Phi) is 3.57. The van der Waals surface area contributed by atoms with E-state index in [1.807, 2.05) is 43.3 Å². The monoisotopic (exact) mass is 241 g/mol. The molecule has 0 fully saturated rings. The van der Waals surface area contributed by atoms with Gasteiger partial charge in [0.15, 0.2) is 0 Å². The summed E-state index contributed by atoms with van der Waals surface area (Å²) in [5, 5.41) is 0. The van der Waals surface area contributed by atoms with Crippen molar-refractivity contribution in [3.05, 3.63) is 42.1 Å². The summed E-state index contributed by atoms with van der Waals surface area (Å²) in [6.07, 6.45) is 5.63. The van der Waals surface area contributed by atoms with Gasteiger partial charge in [-0.3, -0.25) is 0 Å². The number of methoxy groups -OCH3 is 1. The van der Waals surface area contributed by atoms with E-state index >= 15 is 0 Å². The first kappa shape index (κ1) is 12.1. The number of anilines is 1. The summed E-state index contributed by atoms with van der Waals surface area (Å²) in [4.78, 5) is 8.30. The molecular weight excluding hydrogens is 226 g/mol. The zero-order chi connectivity index (χ0) is 13.0.